The minimum absolute atomic E-state index is 0.0918. The van der Waals surface area contributed by atoms with Crippen LogP contribution in [0.5, 0.6) is 11.5 Å². The SMILES string of the molecule is O=C(CN1N=NC2C(=O)N(c3ccc(F)c(F)c3)C(=O)C21)Nc1ccc2c(c1)OCO2. The summed E-state index contributed by atoms with van der Waals surface area (Å²) in [5.41, 5.74) is 0.322. The van der Waals surface area contributed by atoms with E-state index in [0.717, 1.165) is 28.1 Å². The van der Waals surface area contributed by atoms with Gasteiger partial charge in [-0.2, -0.15) is 5.11 Å². The first kappa shape index (κ1) is 18.9. The molecule has 1 fully saturated rings. The van der Waals surface area contributed by atoms with Gasteiger partial charge in [0.2, 0.25) is 12.7 Å². The van der Waals surface area contributed by atoms with Gasteiger partial charge in [0.1, 0.15) is 6.54 Å². The molecule has 3 aliphatic rings. The Labute approximate surface area is 173 Å². The minimum atomic E-state index is -1.20. The van der Waals surface area contributed by atoms with Crippen LogP contribution in [0.1, 0.15) is 0 Å². The summed E-state index contributed by atoms with van der Waals surface area (Å²) in [5.74, 6) is -3.24. The van der Waals surface area contributed by atoms with Crippen molar-refractivity contribution in [1.29, 1.82) is 0 Å². The molecule has 2 unspecified atom stereocenters. The van der Waals surface area contributed by atoms with Gasteiger partial charge in [-0.15, -0.1) is 0 Å². The highest BCUT2D eigenvalue weighted by Gasteiger charge is 2.55. The lowest BCUT2D eigenvalue weighted by molar-refractivity contribution is -0.123. The largest absolute Gasteiger partial charge is 0.454 e. The van der Waals surface area contributed by atoms with Crippen LogP contribution in [-0.4, -0.2) is 48.2 Å². The topological polar surface area (TPSA) is 113 Å². The van der Waals surface area contributed by atoms with Crippen LogP contribution in [0.4, 0.5) is 20.2 Å². The number of fused-ring (bicyclic) bond motifs is 2. The van der Waals surface area contributed by atoms with E-state index >= 15 is 0 Å². The van der Waals surface area contributed by atoms with Crippen molar-refractivity contribution in [3.8, 4) is 11.5 Å². The molecule has 3 heterocycles. The van der Waals surface area contributed by atoms with E-state index in [4.69, 9.17) is 9.47 Å². The maximum absolute atomic E-state index is 13.6. The Bertz CT molecular complexity index is 1160. The van der Waals surface area contributed by atoms with Gasteiger partial charge in [-0.3, -0.25) is 19.4 Å². The molecule has 2 atom stereocenters. The highest BCUT2D eigenvalue weighted by molar-refractivity contribution is 6.25. The fraction of sp³-hybridized carbons (Fsp3) is 0.211. The highest BCUT2D eigenvalue weighted by atomic mass is 19.2. The van der Waals surface area contributed by atoms with E-state index in [1.807, 2.05) is 0 Å². The molecular weight excluding hydrogens is 416 g/mol. The zero-order valence-electron chi connectivity index (χ0n) is 15.6. The van der Waals surface area contributed by atoms with Crippen LogP contribution in [0, 0.1) is 11.6 Å². The second-order valence-electron chi connectivity index (χ2n) is 6.92. The zero-order chi connectivity index (χ0) is 21.7. The monoisotopic (exact) mass is 429 g/mol. The van der Waals surface area contributed by atoms with Crippen LogP contribution in [-0.2, 0) is 14.4 Å². The average Bonchev–Trinajstić information content (AvgIpc) is 3.42. The van der Waals surface area contributed by atoms with Crippen LogP contribution >= 0.6 is 0 Å². The van der Waals surface area contributed by atoms with Gasteiger partial charge in [0.25, 0.3) is 11.8 Å². The number of nitrogens with one attached hydrogen (secondary N) is 1. The summed E-state index contributed by atoms with van der Waals surface area (Å²) < 4.78 is 37.2. The number of rotatable bonds is 4. The lowest BCUT2D eigenvalue weighted by Gasteiger charge is -2.20. The number of nitrogens with zero attached hydrogens (tertiary/aromatic N) is 4. The maximum atomic E-state index is 13.6. The quantitative estimate of drug-likeness (QED) is 0.740. The number of imide groups is 1. The van der Waals surface area contributed by atoms with E-state index in [1.54, 1.807) is 18.2 Å². The molecule has 2 aromatic rings. The molecule has 0 saturated carbocycles. The standard InChI is InChI=1S/C19H13F2N5O5/c20-11-3-2-10(6-12(11)21)26-18(28)16-17(19(26)29)25(24-23-16)7-15(27)22-9-1-4-13-14(5-9)31-8-30-13/h1-6,16-17H,7-8H2,(H,22,27). The minimum Gasteiger partial charge on any atom is -0.454 e. The first-order valence-corrected chi connectivity index (χ1v) is 9.12. The zero-order valence-corrected chi connectivity index (χ0v) is 15.6. The smallest absolute Gasteiger partial charge is 0.263 e. The average molecular weight is 429 g/mol. The number of halogens is 2. The van der Waals surface area contributed by atoms with Crippen molar-refractivity contribution in [2.45, 2.75) is 12.1 Å². The number of carbonyl (C=O) groups excluding carboxylic acids is 3. The van der Waals surface area contributed by atoms with Crippen LogP contribution in [0.15, 0.2) is 46.7 Å². The van der Waals surface area contributed by atoms with Gasteiger partial charge in [-0.05, 0) is 24.3 Å². The Balaban J connectivity index is 1.30. The molecule has 0 bridgehead atoms. The number of hydrogen-bond donors (Lipinski definition) is 1. The van der Waals surface area contributed by atoms with Gasteiger partial charge in [-0.1, -0.05) is 5.22 Å². The lowest BCUT2D eigenvalue weighted by atomic mass is 10.1. The summed E-state index contributed by atoms with van der Waals surface area (Å²) in [6.45, 7) is -0.266. The van der Waals surface area contributed by atoms with E-state index < -0.39 is 41.4 Å². The molecule has 0 aromatic heterocycles. The first-order valence-electron chi connectivity index (χ1n) is 9.12. The third-order valence-electron chi connectivity index (χ3n) is 4.98. The van der Waals surface area contributed by atoms with Crippen molar-refractivity contribution in [2.24, 2.45) is 10.3 Å². The summed E-state index contributed by atoms with van der Waals surface area (Å²) in [6.07, 6.45) is 0. The van der Waals surface area contributed by atoms with Gasteiger partial charge in [0.05, 0.1) is 5.69 Å². The number of ether oxygens (including phenoxy) is 2. The second kappa shape index (κ2) is 7.00. The Hall–Kier alpha value is -4.09. The van der Waals surface area contributed by atoms with E-state index in [0.29, 0.717) is 17.2 Å². The molecule has 0 radical (unpaired) electrons. The molecule has 5 rings (SSSR count). The molecule has 3 aliphatic heterocycles. The van der Waals surface area contributed by atoms with E-state index in [1.165, 1.54) is 0 Å². The molecule has 0 aliphatic carbocycles. The van der Waals surface area contributed by atoms with E-state index in [9.17, 15) is 23.2 Å². The van der Waals surface area contributed by atoms with Crippen LogP contribution in [0.25, 0.3) is 0 Å². The predicted molar refractivity (Wildman–Crippen MR) is 99.2 cm³/mol. The molecular formula is C19H13F2N5O5. The third kappa shape index (κ3) is 3.12. The summed E-state index contributed by atoms with van der Waals surface area (Å²) in [5, 5.41) is 11.3. The van der Waals surface area contributed by atoms with Gasteiger partial charge in [0.15, 0.2) is 35.2 Å². The molecule has 1 saturated heterocycles. The lowest BCUT2D eigenvalue weighted by Crippen LogP contribution is -2.43. The van der Waals surface area contributed by atoms with Crippen LogP contribution in [0.2, 0.25) is 0 Å². The number of benzene rings is 2. The van der Waals surface area contributed by atoms with Crippen molar-refractivity contribution in [2.75, 3.05) is 23.6 Å². The molecule has 3 amide bonds. The van der Waals surface area contributed by atoms with Gasteiger partial charge >= 0.3 is 0 Å². The molecule has 0 spiro atoms. The fourth-order valence-electron chi connectivity index (χ4n) is 3.55. The molecule has 10 nitrogen and oxygen atoms in total. The first-order chi connectivity index (χ1) is 14.9. The summed E-state index contributed by atoms with van der Waals surface area (Å²) in [7, 11) is 0. The number of amides is 3. The maximum Gasteiger partial charge on any atom is 0.263 e. The molecule has 2 aromatic carbocycles. The second-order valence-corrected chi connectivity index (χ2v) is 6.92. The molecule has 12 heteroatoms. The van der Waals surface area contributed by atoms with E-state index in [2.05, 4.69) is 15.7 Å². The van der Waals surface area contributed by atoms with E-state index in [-0.39, 0.29) is 19.0 Å². The Morgan fingerprint density at radius 2 is 1.87 bits per heavy atom. The Morgan fingerprint density at radius 3 is 2.68 bits per heavy atom. The van der Waals surface area contributed by atoms with Crippen molar-refractivity contribution >= 4 is 29.1 Å². The van der Waals surface area contributed by atoms with Gasteiger partial charge < -0.3 is 14.8 Å². The van der Waals surface area contributed by atoms with Crippen LogP contribution in [0.3, 0.4) is 0 Å². The molecule has 31 heavy (non-hydrogen) atoms. The molecule has 158 valence electrons. The predicted octanol–water partition coefficient (Wildman–Crippen LogP) is 1.63. The molecule has 1 N–H and O–H groups in total. The Morgan fingerprint density at radius 1 is 1.06 bits per heavy atom. The normalized spacial score (nSPS) is 21.1. The van der Waals surface area contributed by atoms with Gasteiger partial charge in [-0.25, -0.2) is 13.7 Å². The third-order valence-corrected chi connectivity index (χ3v) is 4.98. The Kier molecular flexibility index (Phi) is 4.27. The highest BCUT2D eigenvalue weighted by Crippen LogP contribution is 2.35. The van der Waals surface area contributed by atoms with Crippen molar-refractivity contribution in [3.63, 3.8) is 0 Å². The fourth-order valence-corrected chi connectivity index (χ4v) is 3.55. The number of anilines is 2. The number of carbonyl (C=O) groups is 3. The summed E-state index contributed by atoms with van der Waals surface area (Å²) >= 11 is 0. The van der Waals surface area contributed by atoms with Gasteiger partial charge in [0, 0.05) is 17.8 Å². The van der Waals surface area contributed by atoms with Crippen molar-refractivity contribution in [1.82, 2.24) is 5.01 Å². The van der Waals surface area contributed by atoms with Crippen molar-refractivity contribution < 1.29 is 32.6 Å². The number of hydrogen-bond acceptors (Lipinski definition) is 8. The summed E-state index contributed by atoms with van der Waals surface area (Å²) in [4.78, 5) is 38.6. The summed E-state index contributed by atoms with van der Waals surface area (Å²) in [6, 6.07) is 5.21. The van der Waals surface area contributed by atoms with Crippen molar-refractivity contribution in [3.05, 3.63) is 48.0 Å². The van der Waals surface area contributed by atoms with Crippen LogP contribution < -0.4 is 19.7 Å².